The Kier molecular flexibility index (Phi) is 6.92. The molecule has 202 valence electrons. The van der Waals surface area contributed by atoms with Crippen molar-refractivity contribution in [1.29, 1.82) is 0 Å². The van der Waals surface area contributed by atoms with Crippen molar-refractivity contribution in [3.05, 3.63) is 161 Å². The number of allylic oxidation sites excluding steroid dienone is 3. The van der Waals surface area contributed by atoms with Crippen LogP contribution in [0.2, 0.25) is 0 Å². The zero-order valence-electron chi connectivity index (χ0n) is 22.5. The molecule has 4 atom stereocenters. The van der Waals surface area contributed by atoms with E-state index in [9.17, 15) is 0 Å². The molecule has 0 saturated carbocycles. The predicted molar refractivity (Wildman–Crippen MR) is 182 cm³/mol. The molecule has 0 fully saturated rings. The summed E-state index contributed by atoms with van der Waals surface area (Å²) in [5, 5.41) is 8.08. The molecule has 1 aliphatic carbocycles. The molecule has 41 heavy (non-hydrogen) atoms. The summed E-state index contributed by atoms with van der Waals surface area (Å²) in [5.41, 5.74) is 15.8. The predicted octanol–water partition coefficient (Wildman–Crippen LogP) is 9.68. The van der Waals surface area contributed by atoms with Gasteiger partial charge in [0.2, 0.25) is 0 Å². The molecule has 1 aliphatic heterocycles. The molecule has 7 rings (SSSR count). The average molecular weight is 587 g/mol. The number of fused-ring (bicyclic) bond motifs is 4. The summed E-state index contributed by atoms with van der Waals surface area (Å²) in [5.74, 6) is 0.190. The molecule has 2 heterocycles. The molecule has 0 radical (unpaired) electrons. The Morgan fingerprint density at radius 2 is 1.63 bits per heavy atom. The summed E-state index contributed by atoms with van der Waals surface area (Å²) in [6, 6.07) is 31.2. The first kappa shape index (κ1) is 26.4. The molecule has 4 unspecified atom stereocenters. The van der Waals surface area contributed by atoms with Crippen molar-refractivity contribution in [2.75, 3.05) is 0 Å². The van der Waals surface area contributed by atoms with Crippen LogP contribution in [-0.2, 0) is 0 Å². The third-order valence-electron chi connectivity index (χ3n) is 8.30. The average Bonchev–Trinajstić information content (AvgIpc) is 3.67. The molecular formula is C36H30N2S3. The Morgan fingerprint density at radius 3 is 2.32 bits per heavy atom. The molecule has 2 nitrogen and oxygen atoms in total. The standard InChI is InChI=1S/C36H30N2S3/c1-3-25-26(4-2)34(22-11-15-24(16-12-22)36-38-17-18-40-36)30-20-32-28(27-7-5-6-8-31(27)41-32)19-29(30)33(25)21-9-13-23(14-10-21)35(37)39/h3-20,26,34-36,38-39H,1-2,37H2. The van der Waals surface area contributed by atoms with Gasteiger partial charge in [-0.05, 0) is 68.1 Å². The third-order valence-corrected chi connectivity index (χ3v) is 10.7. The summed E-state index contributed by atoms with van der Waals surface area (Å²) in [6.07, 6.45) is 6.15. The van der Waals surface area contributed by atoms with E-state index >= 15 is 0 Å². The lowest BCUT2D eigenvalue weighted by Crippen LogP contribution is -2.22. The number of thiophene rings is 1. The summed E-state index contributed by atoms with van der Waals surface area (Å²) < 4.78 is 2.62. The van der Waals surface area contributed by atoms with Crippen molar-refractivity contribution in [3.8, 4) is 0 Å². The van der Waals surface area contributed by atoms with Crippen molar-refractivity contribution < 1.29 is 0 Å². The number of nitrogens with one attached hydrogen (secondary N) is 1. The van der Waals surface area contributed by atoms with Gasteiger partial charge >= 0.3 is 0 Å². The minimum atomic E-state index is -0.311. The van der Waals surface area contributed by atoms with Crippen molar-refractivity contribution in [2.45, 2.75) is 16.7 Å². The Bertz CT molecular complexity index is 1850. The number of thiol groups is 1. The topological polar surface area (TPSA) is 38.0 Å². The number of rotatable bonds is 6. The minimum absolute atomic E-state index is 0.0696. The van der Waals surface area contributed by atoms with Gasteiger partial charge < -0.3 is 11.1 Å². The van der Waals surface area contributed by atoms with Crippen LogP contribution in [-0.4, -0.2) is 0 Å². The lowest BCUT2D eigenvalue weighted by atomic mass is 9.67. The second-order valence-electron chi connectivity index (χ2n) is 10.5. The molecule has 0 spiro atoms. The fourth-order valence-corrected chi connectivity index (χ4v) is 8.44. The van der Waals surface area contributed by atoms with Crippen LogP contribution in [0, 0.1) is 5.92 Å². The first-order valence-electron chi connectivity index (χ1n) is 13.7. The number of hydrogen-bond donors (Lipinski definition) is 3. The Hall–Kier alpha value is -3.48. The van der Waals surface area contributed by atoms with E-state index in [4.69, 9.17) is 5.73 Å². The first-order chi connectivity index (χ1) is 20.1. The molecule has 5 aromatic rings. The number of hydrogen-bond acceptors (Lipinski definition) is 5. The van der Waals surface area contributed by atoms with E-state index in [0.29, 0.717) is 0 Å². The van der Waals surface area contributed by atoms with E-state index in [-0.39, 0.29) is 22.6 Å². The van der Waals surface area contributed by atoms with Crippen molar-refractivity contribution in [3.63, 3.8) is 0 Å². The lowest BCUT2D eigenvalue weighted by Gasteiger charge is -2.36. The van der Waals surface area contributed by atoms with Crippen LogP contribution in [0.1, 0.15) is 50.0 Å². The minimum Gasteiger partial charge on any atom is -0.375 e. The van der Waals surface area contributed by atoms with Gasteiger partial charge in [-0.3, -0.25) is 0 Å². The highest BCUT2D eigenvalue weighted by Crippen LogP contribution is 2.51. The van der Waals surface area contributed by atoms with Crippen molar-refractivity contribution in [1.82, 2.24) is 5.32 Å². The van der Waals surface area contributed by atoms with Gasteiger partial charge in [0.05, 0.1) is 5.37 Å². The van der Waals surface area contributed by atoms with Crippen LogP contribution in [0.25, 0.3) is 25.7 Å². The van der Waals surface area contributed by atoms with E-state index in [2.05, 4.69) is 128 Å². The monoisotopic (exact) mass is 586 g/mol. The number of nitrogens with two attached hydrogens (primary N) is 1. The van der Waals surface area contributed by atoms with Crippen LogP contribution in [0.4, 0.5) is 0 Å². The maximum atomic E-state index is 6.07. The van der Waals surface area contributed by atoms with Crippen LogP contribution in [0.3, 0.4) is 0 Å². The summed E-state index contributed by atoms with van der Waals surface area (Å²) >= 11 is 8.11. The maximum absolute atomic E-state index is 6.07. The highest BCUT2D eigenvalue weighted by atomic mass is 32.2. The molecule has 0 saturated heterocycles. The molecule has 3 N–H and O–H groups in total. The third kappa shape index (κ3) is 4.48. The van der Waals surface area contributed by atoms with Gasteiger partial charge in [-0.15, -0.1) is 29.7 Å². The number of thioether (sulfide) groups is 1. The van der Waals surface area contributed by atoms with Gasteiger partial charge in [-0.1, -0.05) is 85.5 Å². The fraction of sp³-hybridized carbons (Fsp3) is 0.111. The van der Waals surface area contributed by atoms with Crippen LogP contribution < -0.4 is 11.1 Å². The molecular weight excluding hydrogens is 557 g/mol. The van der Waals surface area contributed by atoms with E-state index in [1.807, 2.05) is 23.6 Å². The zero-order chi connectivity index (χ0) is 28.1. The molecule has 4 aromatic carbocycles. The quantitative estimate of drug-likeness (QED) is 0.105. The lowest BCUT2D eigenvalue weighted by molar-refractivity contribution is 0.654. The van der Waals surface area contributed by atoms with E-state index < -0.39 is 0 Å². The summed E-state index contributed by atoms with van der Waals surface area (Å²) in [4.78, 5) is 0. The van der Waals surface area contributed by atoms with Gasteiger partial charge in [0, 0.05) is 38.2 Å². The normalized spacial score (nSPS) is 20.7. The Morgan fingerprint density at radius 1 is 0.878 bits per heavy atom. The largest absolute Gasteiger partial charge is 0.375 e. The highest BCUT2D eigenvalue weighted by Gasteiger charge is 2.35. The Balaban J connectivity index is 1.47. The van der Waals surface area contributed by atoms with Gasteiger partial charge in [0.15, 0.2) is 0 Å². The first-order valence-corrected chi connectivity index (χ1v) is 16.0. The highest BCUT2D eigenvalue weighted by molar-refractivity contribution is 8.02. The van der Waals surface area contributed by atoms with Gasteiger partial charge in [0.1, 0.15) is 5.37 Å². The van der Waals surface area contributed by atoms with Crippen LogP contribution in [0.5, 0.6) is 0 Å². The summed E-state index contributed by atoms with van der Waals surface area (Å²) in [7, 11) is 0. The number of benzene rings is 4. The SMILES string of the molecule is C=CC1=C(c2ccc(C(N)S)cc2)c2cc3c(cc2C(c2ccc(C4NC=CS4)cc2)C1C=C)sc1ccccc13. The Labute approximate surface area is 254 Å². The summed E-state index contributed by atoms with van der Waals surface area (Å²) in [6.45, 7) is 8.67. The second-order valence-corrected chi connectivity index (χ2v) is 13.2. The molecule has 0 bridgehead atoms. The van der Waals surface area contributed by atoms with Crippen molar-refractivity contribution in [2.24, 2.45) is 11.7 Å². The smallest absolute Gasteiger partial charge is 0.102 e. The van der Waals surface area contributed by atoms with Crippen LogP contribution in [0.15, 0.2) is 127 Å². The van der Waals surface area contributed by atoms with E-state index in [1.54, 1.807) is 11.8 Å². The van der Waals surface area contributed by atoms with E-state index in [0.717, 1.165) is 11.1 Å². The maximum Gasteiger partial charge on any atom is 0.102 e. The van der Waals surface area contributed by atoms with Crippen molar-refractivity contribution >= 4 is 61.5 Å². The molecule has 1 aromatic heterocycles. The van der Waals surface area contributed by atoms with E-state index in [1.165, 1.54) is 53.6 Å². The van der Waals surface area contributed by atoms with Gasteiger partial charge in [-0.25, -0.2) is 0 Å². The van der Waals surface area contributed by atoms with Gasteiger partial charge in [0.25, 0.3) is 0 Å². The van der Waals surface area contributed by atoms with Gasteiger partial charge in [-0.2, -0.15) is 12.6 Å². The molecule has 0 amide bonds. The molecule has 5 heteroatoms. The zero-order valence-corrected chi connectivity index (χ0v) is 25.0. The molecule has 2 aliphatic rings. The second kappa shape index (κ2) is 10.7. The fourth-order valence-electron chi connectivity index (χ4n) is 6.35. The van der Waals surface area contributed by atoms with Crippen LogP contribution >= 0.6 is 35.7 Å².